The summed E-state index contributed by atoms with van der Waals surface area (Å²) < 4.78 is 23.0. The van der Waals surface area contributed by atoms with Gasteiger partial charge in [-0.3, -0.25) is 4.79 Å². The van der Waals surface area contributed by atoms with Crippen LogP contribution < -0.4 is 10.5 Å². The summed E-state index contributed by atoms with van der Waals surface area (Å²) in [6.07, 6.45) is -2.05. The lowest BCUT2D eigenvalue weighted by Gasteiger charge is -2.16. The van der Waals surface area contributed by atoms with Crippen LogP contribution in [0.2, 0.25) is 0 Å². The lowest BCUT2D eigenvalue weighted by atomic mass is 10.0. The van der Waals surface area contributed by atoms with Gasteiger partial charge in [0.2, 0.25) is 6.17 Å². The molecule has 1 unspecified atom stereocenters. The van der Waals surface area contributed by atoms with Crippen LogP contribution in [0.3, 0.4) is 0 Å². The van der Waals surface area contributed by atoms with Crippen LogP contribution in [0.5, 0.6) is 11.5 Å². The fourth-order valence-corrected chi connectivity index (χ4v) is 1.52. The molecule has 2 atom stereocenters. The minimum Gasteiger partial charge on any atom is -0.504 e. The Hall–Kier alpha value is -2.15. The van der Waals surface area contributed by atoms with Gasteiger partial charge < -0.3 is 20.3 Å². The Labute approximate surface area is 115 Å². The first-order valence-corrected chi connectivity index (χ1v) is 5.94. The zero-order valence-electron chi connectivity index (χ0n) is 11.1. The van der Waals surface area contributed by atoms with Gasteiger partial charge >= 0.3 is 11.9 Å². The standard InChI is InChI=1S/C13H16FNO5/c1-3-19-13(18)11(14)12(15)8-4-5-10(9(17)6-8)20-7(2)16/h4-6,11-12,17H,3,15H2,1-2H3/t11?,12-/m0/s1. The topological polar surface area (TPSA) is 98.9 Å². The van der Waals surface area contributed by atoms with Gasteiger partial charge in [0.1, 0.15) is 0 Å². The molecule has 0 saturated heterocycles. The van der Waals surface area contributed by atoms with Gasteiger partial charge in [0.25, 0.3) is 0 Å². The maximum atomic E-state index is 13.7. The second-order valence-corrected chi connectivity index (χ2v) is 4.00. The van der Waals surface area contributed by atoms with Crippen LogP contribution in [0.25, 0.3) is 0 Å². The number of aromatic hydroxyl groups is 1. The molecule has 7 heteroatoms. The van der Waals surface area contributed by atoms with E-state index in [1.165, 1.54) is 19.1 Å². The first kappa shape index (κ1) is 15.9. The van der Waals surface area contributed by atoms with Crippen molar-refractivity contribution in [1.82, 2.24) is 0 Å². The van der Waals surface area contributed by atoms with Crippen LogP contribution in [-0.4, -0.2) is 29.8 Å². The van der Waals surface area contributed by atoms with E-state index >= 15 is 0 Å². The SMILES string of the molecule is CCOC(=O)C(F)[C@@H](N)c1ccc(OC(C)=O)c(O)c1. The van der Waals surface area contributed by atoms with Crippen molar-refractivity contribution in [2.45, 2.75) is 26.1 Å². The number of alkyl halides is 1. The van der Waals surface area contributed by atoms with Gasteiger partial charge in [0.05, 0.1) is 12.6 Å². The number of hydrogen-bond donors (Lipinski definition) is 2. The molecule has 0 fully saturated rings. The molecule has 3 N–H and O–H groups in total. The van der Waals surface area contributed by atoms with Crippen molar-refractivity contribution in [3.8, 4) is 11.5 Å². The number of phenols is 1. The fraction of sp³-hybridized carbons (Fsp3) is 0.385. The van der Waals surface area contributed by atoms with Crippen LogP contribution >= 0.6 is 0 Å². The second-order valence-electron chi connectivity index (χ2n) is 4.00. The molecule has 20 heavy (non-hydrogen) atoms. The van der Waals surface area contributed by atoms with Gasteiger partial charge in [-0.1, -0.05) is 6.07 Å². The van der Waals surface area contributed by atoms with Crippen LogP contribution in [0.1, 0.15) is 25.5 Å². The molecule has 0 aliphatic heterocycles. The molecule has 0 heterocycles. The van der Waals surface area contributed by atoms with E-state index < -0.39 is 24.2 Å². The monoisotopic (exact) mass is 285 g/mol. The van der Waals surface area contributed by atoms with Crippen molar-refractivity contribution >= 4 is 11.9 Å². The van der Waals surface area contributed by atoms with E-state index in [0.717, 1.165) is 6.07 Å². The number of rotatable bonds is 5. The highest BCUT2D eigenvalue weighted by Crippen LogP contribution is 2.30. The summed E-state index contributed by atoms with van der Waals surface area (Å²) in [5.41, 5.74) is 5.77. The molecule has 0 bridgehead atoms. The first-order valence-electron chi connectivity index (χ1n) is 5.94. The van der Waals surface area contributed by atoms with Gasteiger partial charge in [-0.15, -0.1) is 0 Å². The van der Waals surface area contributed by atoms with Crippen LogP contribution in [0, 0.1) is 0 Å². The maximum Gasteiger partial charge on any atom is 0.342 e. The number of esters is 2. The van der Waals surface area contributed by atoms with Crippen molar-refractivity contribution in [3.63, 3.8) is 0 Å². The van der Waals surface area contributed by atoms with Crippen LogP contribution in [0.4, 0.5) is 4.39 Å². The molecule has 1 aromatic carbocycles. The third-order valence-electron chi connectivity index (χ3n) is 2.45. The van der Waals surface area contributed by atoms with E-state index in [9.17, 15) is 19.1 Å². The largest absolute Gasteiger partial charge is 0.504 e. The number of carbonyl (C=O) groups excluding carboxylic acids is 2. The molecule has 0 aromatic heterocycles. The Bertz CT molecular complexity index is 506. The highest BCUT2D eigenvalue weighted by molar-refractivity contribution is 5.76. The number of ether oxygens (including phenoxy) is 2. The van der Waals surface area contributed by atoms with Crippen molar-refractivity contribution in [2.75, 3.05) is 6.61 Å². The molecule has 0 aliphatic carbocycles. The average molecular weight is 285 g/mol. The average Bonchev–Trinajstić information content (AvgIpc) is 2.39. The third kappa shape index (κ3) is 3.92. The van der Waals surface area contributed by atoms with Gasteiger partial charge in [-0.25, -0.2) is 9.18 Å². The molecule has 0 aliphatic rings. The maximum absolute atomic E-state index is 13.7. The second kappa shape index (κ2) is 6.85. The molecule has 0 spiro atoms. The number of carbonyl (C=O) groups is 2. The molecular weight excluding hydrogens is 269 g/mol. The number of hydrogen-bond acceptors (Lipinski definition) is 6. The van der Waals surface area contributed by atoms with Crippen LogP contribution in [-0.2, 0) is 14.3 Å². The lowest BCUT2D eigenvalue weighted by Crippen LogP contribution is -2.31. The molecule has 1 aromatic rings. The molecular formula is C13H16FNO5. The summed E-state index contributed by atoms with van der Waals surface area (Å²) >= 11 is 0. The molecule has 0 saturated carbocycles. The minimum atomic E-state index is -2.05. The molecule has 1 rings (SSSR count). The minimum absolute atomic E-state index is 0.0443. The summed E-state index contributed by atoms with van der Waals surface area (Å²) in [6.45, 7) is 2.77. The molecule has 0 amide bonds. The van der Waals surface area contributed by atoms with E-state index in [1.54, 1.807) is 6.92 Å². The van der Waals surface area contributed by atoms with E-state index in [0.29, 0.717) is 0 Å². The Morgan fingerprint density at radius 1 is 1.45 bits per heavy atom. The Morgan fingerprint density at radius 3 is 2.60 bits per heavy atom. The number of halogens is 1. The Balaban J connectivity index is 2.89. The fourth-order valence-electron chi connectivity index (χ4n) is 1.52. The van der Waals surface area contributed by atoms with E-state index in [-0.39, 0.29) is 23.7 Å². The number of phenolic OH excluding ortho intramolecular Hbond substituents is 1. The van der Waals surface area contributed by atoms with Gasteiger partial charge in [-0.05, 0) is 24.6 Å². The van der Waals surface area contributed by atoms with Crippen molar-refractivity contribution in [3.05, 3.63) is 23.8 Å². The number of benzene rings is 1. The third-order valence-corrected chi connectivity index (χ3v) is 2.45. The highest BCUT2D eigenvalue weighted by atomic mass is 19.1. The predicted molar refractivity (Wildman–Crippen MR) is 67.9 cm³/mol. The summed E-state index contributed by atoms with van der Waals surface area (Å²) in [5.74, 6) is -2.11. The van der Waals surface area contributed by atoms with Crippen LogP contribution in [0.15, 0.2) is 18.2 Å². The summed E-state index contributed by atoms with van der Waals surface area (Å²) in [7, 11) is 0. The van der Waals surface area contributed by atoms with Gasteiger partial charge in [0, 0.05) is 6.92 Å². The first-order chi connectivity index (χ1) is 9.36. The number of nitrogens with two attached hydrogens (primary N) is 1. The summed E-state index contributed by atoms with van der Waals surface area (Å²) in [5, 5.41) is 9.64. The zero-order chi connectivity index (χ0) is 15.3. The molecule has 6 nitrogen and oxygen atoms in total. The quantitative estimate of drug-likeness (QED) is 0.623. The predicted octanol–water partition coefficient (Wildman–Crippen LogP) is 1.22. The van der Waals surface area contributed by atoms with E-state index in [1.807, 2.05) is 0 Å². The normalized spacial score (nSPS) is 13.4. The summed E-state index contributed by atoms with van der Waals surface area (Å²) in [4.78, 5) is 22.0. The van der Waals surface area contributed by atoms with Gasteiger partial charge in [-0.2, -0.15) is 0 Å². The zero-order valence-corrected chi connectivity index (χ0v) is 11.1. The van der Waals surface area contributed by atoms with Crippen molar-refractivity contribution in [1.29, 1.82) is 0 Å². The van der Waals surface area contributed by atoms with E-state index in [2.05, 4.69) is 4.74 Å². The van der Waals surface area contributed by atoms with E-state index in [4.69, 9.17) is 10.5 Å². The highest BCUT2D eigenvalue weighted by Gasteiger charge is 2.28. The smallest absolute Gasteiger partial charge is 0.342 e. The molecule has 110 valence electrons. The Morgan fingerprint density at radius 2 is 2.10 bits per heavy atom. The Kier molecular flexibility index (Phi) is 5.45. The van der Waals surface area contributed by atoms with Gasteiger partial charge in [0.15, 0.2) is 11.5 Å². The molecule has 0 radical (unpaired) electrons. The summed E-state index contributed by atoms with van der Waals surface area (Å²) in [6, 6.07) is 2.47. The van der Waals surface area contributed by atoms with Crippen molar-refractivity contribution < 1.29 is 28.6 Å². The lowest BCUT2D eigenvalue weighted by molar-refractivity contribution is -0.150. The van der Waals surface area contributed by atoms with Crippen molar-refractivity contribution in [2.24, 2.45) is 5.73 Å².